The normalized spacial score (nSPS) is 26.0. The van der Waals surface area contributed by atoms with Crippen molar-refractivity contribution in [2.24, 2.45) is 5.41 Å². The van der Waals surface area contributed by atoms with Crippen molar-refractivity contribution in [3.8, 4) is 0 Å². The molecule has 1 aromatic rings. The van der Waals surface area contributed by atoms with E-state index in [1.165, 1.54) is 0 Å². The van der Waals surface area contributed by atoms with Crippen LogP contribution in [0.3, 0.4) is 0 Å². The molecule has 1 aliphatic heterocycles. The molecule has 1 fully saturated rings. The van der Waals surface area contributed by atoms with Crippen molar-refractivity contribution < 1.29 is 9.52 Å². The minimum Gasteiger partial charge on any atom is -0.457 e. The maximum Gasteiger partial charge on any atom is 0.169 e. The molecule has 0 spiro atoms. The van der Waals surface area contributed by atoms with Crippen LogP contribution < -0.4 is 0 Å². The van der Waals surface area contributed by atoms with Crippen LogP contribution in [0.2, 0.25) is 0 Å². The Bertz CT molecular complexity index is 348. The van der Waals surface area contributed by atoms with Crippen molar-refractivity contribution in [3.05, 3.63) is 22.6 Å². The van der Waals surface area contributed by atoms with E-state index in [-0.39, 0.29) is 11.5 Å². The molecule has 1 unspecified atom stereocenters. The minimum atomic E-state index is -0.229. The first-order chi connectivity index (χ1) is 6.97. The van der Waals surface area contributed by atoms with E-state index in [1.807, 2.05) is 6.07 Å². The molecule has 2 rings (SSSR count). The lowest BCUT2D eigenvalue weighted by Gasteiger charge is -2.20. The average Bonchev–Trinajstić information content (AvgIpc) is 2.59. The Morgan fingerprint density at radius 3 is 2.87 bits per heavy atom. The number of likely N-dealkylation sites (tertiary alicyclic amines) is 1. The third kappa shape index (κ3) is 2.44. The van der Waals surface area contributed by atoms with Gasteiger partial charge in [-0.2, -0.15) is 0 Å². The summed E-state index contributed by atoms with van der Waals surface area (Å²) < 4.78 is 5.94. The smallest absolute Gasteiger partial charge is 0.169 e. The van der Waals surface area contributed by atoms with E-state index in [4.69, 9.17) is 4.42 Å². The number of nitrogens with zero attached hydrogens (tertiary/aromatic N) is 1. The Hall–Kier alpha value is -0.320. The first-order valence-corrected chi connectivity index (χ1v) is 5.90. The molecule has 0 aliphatic carbocycles. The highest BCUT2D eigenvalue weighted by Crippen LogP contribution is 2.30. The third-order valence-corrected chi connectivity index (χ3v) is 3.41. The number of aliphatic hydroxyl groups excluding tert-OH is 1. The molecule has 0 bridgehead atoms. The van der Waals surface area contributed by atoms with E-state index in [0.717, 1.165) is 29.9 Å². The average molecular weight is 274 g/mol. The van der Waals surface area contributed by atoms with Gasteiger partial charge in [0, 0.05) is 30.6 Å². The van der Waals surface area contributed by atoms with Crippen LogP contribution in [0.4, 0.5) is 0 Å². The molecule has 84 valence electrons. The van der Waals surface area contributed by atoms with Crippen LogP contribution in [0.25, 0.3) is 0 Å². The van der Waals surface area contributed by atoms with Crippen molar-refractivity contribution >= 4 is 15.9 Å². The number of halogens is 1. The molecule has 1 atom stereocenters. The van der Waals surface area contributed by atoms with Crippen LogP contribution in [0.1, 0.15) is 19.4 Å². The molecule has 1 aromatic heterocycles. The standard InChI is InChI=1S/C11H16BrNO2/c1-11(2)7-13(5-9(11)14)4-8-3-10(12)15-6-8/h3,6,9,14H,4-5,7H2,1-2H3. The molecule has 15 heavy (non-hydrogen) atoms. The SMILES string of the molecule is CC1(C)CN(Cc2coc(Br)c2)CC1O. The molecule has 2 heterocycles. The molecule has 0 amide bonds. The summed E-state index contributed by atoms with van der Waals surface area (Å²) in [5.74, 6) is 0. The zero-order valence-electron chi connectivity index (χ0n) is 9.03. The molecule has 0 saturated carbocycles. The molecule has 3 nitrogen and oxygen atoms in total. The van der Waals surface area contributed by atoms with Gasteiger partial charge in [0.05, 0.1) is 12.4 Å². The Labute approximate surface area is 98.2 Å². The second-order valence-corrected chi connectivity index (χ2v) is 5.71. The quantitative estimate of drug-likeness (QED) is 0.898. The van der Waals surface area contributed by atoms with Gasteiger partial charge in [-0.05, 0) is 22.0 Å². The first-order valence-electron chi connectivity index (χ1n) is 5.11. The van der Waals surface area contributed by atoms with Crippen molar-refractivity contribution in [2.75, 3.05) is 13.1 Å². The Morgan fingerprint density at radius 1 is 1.67 bits per heavy atom. The number of aliphatic hydroxyl groups is 1. The molecule has 0 radical (unpaired) electrons. The largest absolute Gasteiger partial charge is 0.457 e. The molecule has 1 saturated heterocycles. The van der Waals surface area contributed by atoms with Crippen LogP contribution >= 0.6 is 15.9 Å². The summed E-state index contributed by atoms with van der Waals surface area (Å²) in [7, 11) is 0. The van der Waals surface area contributed by atoms with Crippen molar-refractivity contribution in [1.82, 2.24) is 4.90 Å². The Balaban J connectivity index is 1.98. The summed E-state index contributed by atoms with van der Waals surface area (Å²) in [6, 6.07) is 1.97. The van der Waals surface area contributed by atoms with Gasteiger partial charge < -0.3 is 9.52 Å². The lowest BCUT2D eigenvalue weighted by Crippen LogP contribution is -2.26. The highest BCUT2D eigenvalue weighted by Gasteiger charge is 2.37. The van der Waals surface area contributed by atoms with Crippen molar-refractivity contribution in [2.45, 2.75) is 26.5 Å². The summed E-state index contributed by atoms with van der Waals surface area (Å²) in [6.45, 7) is 6.72. The lowest BCUT2D eigenvalue weighted by molar-refractivity contribution is 0.0954. The first kappa shape index (κ1) is 11.2. The molecule has 1 N–H and O–H groups in total. The lowest BCUT2D eigenvalue weighted by atomic mass is 9.90. The van der Waals surface area contributed by atoms with E-state index in [0.29, 0.717) is 0 Å². The molecule has 4 heteroatoms. The predicted octanol–water partition coefficient (Wildman–Crippen LogP) is 2.24. The van der Waals surface area contributed by atoms with Gasteiger partial charge >= 0.3 is 0 Å². The monoisotopic (exact) mass is 273 g/mol. The fraction of sp³-hybridized carbons (Fsp3) is 0.636. The predicted molar refractivity (Wildman–Crippen MR) is 61.5 cm³/mol. The van der Waals surface area contributed by atoms with E-state index in [9.17, 15) is 5.11 Å². The van der Waals surface area contributed by atoms with Crippen LogP contribution in [0.5, 0.6) is 0 Å². The summed E-state index contributed by atoms with van der Waals surface area (Å²) in [5.41, 5.74) is 1.15. The topological polar surface area (TPSA) is 36.6 Å². The summed E-state index contributed by atoms with van der Waals surface area (Å²) in [5, 5.41) is 9.84. The van der Waals surface area contributed by atoms with E-state index >= 15 is 0 Å². The number of hydrogen-bond donors (Lipinski definition) is 1. The number of hydrogen-bond acceptors (Lipinski definition) is 3. The third-order valence-electron chi connectivity index (χ3n) is 2.99. The fourth-order valence-corrected chi connectivity index (χ4v) is 2.43. The molecular weight excluding hydrogens is 258 g/mol. The fourth-order valence-electron chi connectivity index (χ4n) is 2.05. The highest BCUT2D eigenvalue weighted by atomic mass is 79.9. The second kappa shape index (κ2) is 3.92. The number of rotatable bonds is 2. The Morgan fingerprint density at radius 2 is 2.40 bits per heavy atom. The maximum atomic E-state index is 9.84. The molecule has 1 aliphatic rings. The van der Waals surface area contributed by atoms with E-state index in [2.05, 4.69) is 34.7 Å². The van der Waals surface area contributed by atoms with Crippen molar-refractivity contribution in [3.63, 3.8) is 0 Å². The zero-order valence-corrected chi connectivity index (χ0v) is 10.6. The number of β-amino-alcohol motifs (C(OH)–C–C–N with tert-alkyl or cyclic N) is 1. The highest BCUT2D eigenvalue weighted by molar-refractivity contribution is 9.10. The van der Waals surface area contributed by atoms with Gasteiger partial charge in [-0.15, -0.1) is 0 Å². The molecular formula is C11H16BrNO2. The van der Waals surface area contributed by atoms with Crippen LogP contribution in [-0.2, 0) is 6.54 Å². The van der Waals surface area contributed by atoms with Crippen LogP contribution in [0, 0.1) is 5.41 Å². The molecule has 0 aromatic carbocycles. The van der Waals surface area contributed by atoms with E-state index < -0.39 is 0 Å². The van der Waals surface area contributed by atoms with Gasteiger partial charge in [-0.25, -0.2) is 0 Å². The van der Waals surface area contributed by atoms with Gasteiger partial charge in [-0.1, -0.05) is 13.8 Å². The summed E-state index contributed by atoms with van der Waals surface area (Å²) >= 11 is 3.28. The summed E-state index contributed by atoms with van der Waals surface area (Å²) in [6.07, 6.45) is 1.52. The van der Waals surface area contributed by atoms with Gasteiger partial charge in [0.1, 0.15) is 0 Å². The van der Waals surface area contributed by atoms with Gasteiger partial charge in [0.2, 0.25) is 0 Å². The minimum absolute atomic E-state index is 0.000960. The van der Waals surface area contributed by atoms with Crippen LogP contribution in [-0.4, -0.2) is 29.2 Å². The van der Waals surface area contributed by atoms with Crippen LogP contribution in [0.15, 0.2) is 21.4 Å². The van der Waals surface area contributed by atoms with Gasteiger partial charge in [0.15, 0.2) is 4.67 Å². The summed E-state index contributed by atoms with van der Waals surface area (Å²) in [4.78, 5) is 2.25. The van der Waals surface area contributed by atoms with E-state index in [1.54, 1.807) is 6.26 Å². The van der Waals surface area contributed by atoms with Gasteiger partial charge in [-0.3, -0.25) is 4.90 Å². The van der Waals surface area contributed by atoms with Crippen molar-refractivity contribution in [1.29, 1.82) is 0 Å². The Kier molecular flexibility index (Phi) is 2.92. The second-order valence-electron chi connectivity index (χ2n) is 4.93. The van der Waals surface area contributed by atoms with Gasteiger partial charge in [0.25, 0.3) is 0 Å². The number of furan rings is 1. The zero-order chi connectivity index (χ0) is 11.1. The maximum absolute atomic E-state index is 9.84.